The fraction of sp³-hybridized carbons (Fsp3) is 0.258. The van der Waals surface area contributed by atoms with Crippen molar-refractivity contribution in [2.45, 2.75) is 32.2 Å². The third-order valence-corrected chi connectivity index (χ3v) is 9.12. The monoisotopic (exact) mass is 593 g/mol. The van der Waals surface area contributed by atoms with Crippen molar-refractivity contribution >= 4 is 53.7 Å². The van der Waals surface area contributed by atoms with E-state index in [1.807, 2.05) is 60.8 Å². The van der Waals surface area contributed by atoms with E-state index in [0.29, 0.717) is 6.54 Å². The quantitative estimate of drug-likeness (QED) is 0.204. The van der Waals surface area contributed by atoms with E-state index in [9.17, 15) is 25.9 Å². The average Bonchev–Trinajstić information content (AvgIpc) is 3.13. The van der Waals surface area contributed by atoms with Crippen molar-refractivity contribution in [1.29, 1.82) is 0 Å². The Balaban J connectivity index is 1.54. The maximum atomic E-state index is 11.5. The number of fused-ring (bicyclic) bond motifs is 4. The number of anilines is 1. The molecule has 41 heavy (non-hydrogen) atoms. The van der Waals surface area contributed by atoms with E-state index in [-0.39, 0.29) is 29.9 Å². The number of allylic oxidation sites excluding steroid dienone is 3. The number of para-hydroxylation sites is 1. The molecule has 2 heterocycles. The number of nitrogens with zero attached hydrogens (tertiary/aromatic N) is 2. The van der Waals surface area contributed by atoms with Crippen LogP contribution in [0.2, 0.25) is 0 Å². The third kappa shape index (κ3) is 6.20. The molecule has 0 saturated carbocycles. The van der Waals surface area contributed by atoms with Crippen molar-refractivity contribution in [3.63, 3.8) is 0 Å². The molecule has 10 heteroatoms. The van der Waals surface area contributed by atoms with Gasteiger partial charge in [0, 0.05) is 35.5 Å². The lowest BCUT2D eigenvalue weighted by atomic mass is 9.81. The predicted octanol–water partition coefficient (Wildman–Crippen LogP) is 5.14. The van der Waals surface area contributed by atoms with Crippen molar-refractivity contribution in [3.05, 3.63) is 102 Å². The molecule has 1 aliphatic heterocycles. The molecule has 1 aromatic heterocycles. The highest BCUT2D eigenvalue weighted by Gasteiger charge is 2.40. The van der Waals surface area contributed by atoms with Gasteiger partial charge in [-0.25, -0.2) is 0 Å². The molecule has 0 bridgehead atoms. The van der Waals surface area contributed by atoms with Crippen LogP contribution in [0.15, 0.2) is 90.8 Å². The van der Waals surface area contributed by atoms with Crippen molar-refractivity contribution in [2.75, 3.05) is 23.0 Å². The summed E-state index contributed by atoms with van der Waals surface area (Å²) in [5.74, 6) is -0.690. The molecule has 5 rings (SSSR count). The van der Waals surface area contributed by atoms with Crippen LogP contribution in [0.3, 0.4) is 0 Å². The Bertz CT molecular complexity index is 1910. The lowest BCUT2D eigenvalue weighted by Gasteiger charge is -2.27. The predicted molar refractivity (Wildman–Crippen MR) is 163 cm³/mol. The molecule has 2 N–H and O–H groups in total. The van der Waals surface area contributed by atoms with Crippen molar-refractivity contribution in [1.82, 2.24) is 0 Å². The largest absolute Gasteiger partial charge is 0.344 e. The van der Waals surface area contributed by atoms with Gasteiger partial charge >= 0.3 is 0 Å². The van der Waals surface area contributed by atoms with Gasteiger partial charge in [-0.3, -0.25) is 9.11 Å². The van der Waals surface area contributed by atoms with E-state index in [4.69, 9.17) is 0 Å². The summed E-state index contributed by atoms with van der Waals surface area (Å²) >= 11 is 0. The first kappa shape index (κ1) is 28.9. The standard InChI is InChI=1S/C31H32N2O6S2/c1-31(2)29(14-7-10-24-17-19-32(20-22-41(37,38)39)27-13-6-5-11-25(24)27)33(18-8-21-40(34,35)36)28-16-15-23-9-3-4-12-26(23)30(28)31/h3-7,9-17,19H,8,18,20-22H2,1-2H3,(H-,34,35,36,37,38,39)/p+1. The highest BCUT2D eigenvalue weighted by atomic mass is 32.2. The van der Waals surface area contributed by atoms with E-state index in [2.05, 4.69) is 49.1 Å². The third-order valence-electron chi connectivity index (χ3n) is 7.62. The molecule has 1 aliphatic rings. The summed E-state index contributed by atoms with van der Waals surface area (Å²) in [6, 6.07) is 22.0. The summed E-state index contributed by atoms with van der Waals surface area (Å²) in [5, 5.41) is 3.21. The Morgan fingerprint density at radius 2 is 1.54 bits per heavy atom. The van der Waals surface area contributed by atoms with Gasteiger partial charge in [0.2, 0.25) is 5.52 Å². The second kappa shape index (κ2) is 11.0. The van der Waals surface area contributed by atoms with Gasteiger partial charge in [-0.2, -0.15) is 21.4 Å². The van der Waals surface area contributed by atoms with Gasteiger partial charge in [0.1, 0.15) is 5.75 Å². The molecule has 0 saturated heterocycles. The highest BCUT2D eigenvalue weighted by molar-refractivity contribution is 7.86. The maximum Gasteiger partial charge on any atom is 0.271 e. The molecule has 4 aromatic rings. The van der Waals surface area contributed by atoms with E-state index < -0.39 is 20.2 Å². The van der Waals surface area contributed by atoms with Crippen LogP contribution in [0.1, 0.15) is 31.4 Å². The Morgan fingerprint density at radius 3 is 2.27 bits per heavy atom. The molecule has 8 nitrogen and oxygen atoms in total. The van der Waals surface area contributed by atoms with Crippen LogP contribution in [0, 0.1) is 0 Å². The number of pyridine rings is 1. The van der Waals surface area contributed by atoms with Crippen LogP contribution in [-0.4, -0.2) is 44.0 Å². The minimum Gasteiger partial charge on any atom is -0.344 e. The van der Waals surface area contributed by atoms with Crippen LogP contribution in [0.25, 0.3) is 27.8 Å². The van der Waals surface area contributed by atoms with Gasteiger partial charge in [0.05, 0.1) is 11.1 Å². The molecular weight excluding hydrogens is 560 g/mol. The van der Waals surface area contributed by atoms with Gasteiger partial charge in [-0.05, 0) is 46.5 Å². The molecule has 0 unspecified atom stereocenters. The molecular formula is C31H33N2O6S2+. The summed E-state index contributed by atoms with van der Waals surface area (Å²) in [5.41, 5.74) is 4.62. The fourth-order valence-electron chi connectivity index (χ4n) is 5.79. The van der Waals surface area contributed by atoms with E-state index in [1.165, 1.54) is 5.56 Å². The molecule has 0 aliphatic carbocycles. The van der Waals surface area contributed by atoms with E-state index >= 15 is 0 Å². The molecule has 0 atom stereocenters. The first-order valence-corrected chi connectivity index (χ1v) is 16.6. The normalized spacial score (nSPS) is 16.3. The van der Waals surface area contributed by atoms with Gasteiger partial charge in [-0.15, -0.1) is 0 Å². The number of benzene rings is 3. The smallest absolute Gasteiger partial charge is 0.271 e. The minimum absolute atomic E-state index is 0.131. The highest BCUT2D eigenvalue weighted by Crippen LogP contribution is 2.50. The first-order valence-electron chi connectivity index (χ1n) is 13.4. The first-order chi connectivity index (χ1) is 19.4. The van der Waals surface area contributed by atoms with Crippen molar-refractivity contribution < 1.29 is 30.5 Å². The topological polar surface area (TPSA) is 116 Å². The molecule has 0 spiro atoms. The zero-order chi connectivity index (χ0) is 29.4. The average molecular weight is 594 g/mol. The number of rotatable bonds is 9. The maximum absolute atomic E-state index is 11.5. The Morgan fingerprint density at radius 1 is 0.854 bits per heavy atom. The molecule has 3 aromatic carbocycles. The van der Waals surface area contributed by atoms with Crippen LogP contribution in [0.4, 0.5) is 5.69 Å². The van der Waals surface area contributed by atoms with Crippen molar-refractivity contribution in [3.8, 4) is 0 Å². The number of hydrogen-bond acceptors (Lipinski definition) is 5. The summed E-state index contributed by atoms with van der Waals surface area (Å²) in [7, 11) is -8.16. The zero-order valence-electron chi connectivity index (χ0n) is 22.9. The van der Waals surface area contributed by atoms with Gasteiger partial charge < -0.3 is 4.90 Å². The van der Waals surface area contributed by atoms with Gasteiger partial charge in [0.25, 0.3) is 20.2 Å². The van der Waals surface area contributed by atoms with E-state index in [1.54, 1.807) is 4.57 Å². The van der Waals surface area contributed by atoms with Crippen LogP contribution < -0.4 is 9.47 Å². The Hall–Kier alpha value is -3.57. The summed E-state index contributed by atoms with van der Waals surface area (Å²) < 4.78 is 65.8. The molecule has 0 radical (unpaired) electrons. The SMILES string of the molecule is CC1(C)/C(=C\C=C\c2cc[n+](CCS(=O)(=O)O)c3ccccc23)N(CCCS(=O)(=O)O)c2ccc3ccccc3c21. The van der Waals surface area contributed by atoms with Crippen LogP contribution in [0.5, 0.6) is 0 Å². The zero-order valence-corrected chi connectivity index (χ0v) is 24.6. The van der Waals surface area contributed by atoms with Gasteiger partial charge in [-0.1, -0.05) is 68.5 Å². The Kier molecular flexibility index (Phi) is 7.78. The Labute approximate surface area is 240 Å². The van der Waals surface area contributed by atoms with Gasteiger partial charge in [0.15, 0.2) is 12.7 Å². The number of aryl methyl sites for hydroxylation is 1. The van der Waals surface area contributed by atoms with Crippen LogP contribution in [-0.2, 0) is 32.2 Å². The molecule has 214 valence electrons. The van der Waals surface area contributed by atoms with E-state index in [0.717, 1.165) is 38.6 Å². The van der Waals surface area contributed by atoms with Crippen molar-refractivity contribution in [2.24, 2.45) is 0 Å². The molecule has 0 fully saturated rings. The van der Waals surface area contributed by atoms with Crippen LogP contribution >= 0.6 is 0 Å². The lowest BCUT2D eigenvalue weighted by Crippen LogP contribution is -2.37. The number of hydrogen-bond donors (Lipinski definition) is 2. The summed E-state index contributed by atoms with van der Waals surface area (Å²) in [4.78, 5) is 2.14. The fourth-order valence-corrected chi connectivity index (χ4v) is 6.71. The minimum atomic E-state index is -4.09. The lowest BCUT2D eigenvalue weighted by molar-refractivity contribution is -0.666. The summed E-state index contributed by atoms with van der Waals surface area (Å²) in [6.45, 7) is 4.89. The second-order valence-corrected chi connectivity index (χ2v) is 13.9. The summed E-state index contributed by atoms with van der Waals surface area (Å²) in [6.07, 6.45) is 8.11. The second-order valence-electron chi connectivity index (χ2n) is 10.8. The number of aromatic nitrogens is 1. The molecule has 0 amide bonds.